The highest BCUT2D eigenvalue weighted by Gasteiger charge is 2.17. The molecule has 2 aromatic heterocycles. The standard InChI is InChI=1S/C16H20N2O2S/c1-12(14-4-7-21-11-14)18-9-13-2-5-17-16(8-13)20-15-3-6-19-10-15/h2,4-5,7-8,11-12,15,18H,3,6,9-10H2,1H3/t12-,15-/m0/s1. The molecule has 1 saturated heterocycles. The summed E-state index contributed by atoms with van der Waals surface area (Å²) in [5, 5.41) is 7.81. The first-order valence-corrected chi connectivity index (χ1v) is 8.20. The van der Waals surface area contributed by atoms with E-state index in [1.165, 1.54) is 11.1 Å². The van der Waals surface area contributed by atoms with E-state index >= 15 is 0 Å². The molecule has 4 nitrogen and oxygen atoms in total. The van der Waals surface area contributed by atoms with Gasteiger partial charge in [-0.25, -0.2) is 4.98 Å². The molecule has 0 amide bonds. The van der Waals surface area contributed by atoms with Gasteiger partial charge in [0.2, 0.25) is 5.88 Å². The Morgan fingerprint density at radius 3 is 3.24 bits per heavy atom. The summed E-state index contributed by atoms with van der Waals surface area (Å²) in [6, 6.07) is 6.53. The minimum Gasteiger partial charge on any atom is -0.472 e. The molecule has 0 aromatic carbocycles. The van der Waals surface area contributed by atoms with E-state index < -0.39 is 0 Å². The Labute approximate surface area is 129 Å². The lowest BCUT2D eigenvalue weighted by Crippen LogP contribution is -2.18. The summed E-state index contributed by atoms with van der Waals surface area (Å²) in [6.07, 6.45) is 2.89. The minimum atomic E-state index is 0.144. The van der Waals surface area contributed by atoms with Gasteiger partial charge in [-0.3, -0.25) is 0 Å². The van der Waals surface area contributed by atoms with Gasteiger partial charge >= 0.3 is 0 Å². The van der Waals surface area contributed by atoms with Crippen molar-refractivity contribution >= 4 is 11.3 Å². The van der Waals surface area contributed by atoms with Crippen molar-refractivity contribution in [3.63, 3.8) is 0 Å². The third kappa shape index (κ3) is 4.03. The molecular weight excluding hydrogens is 284 g/mol. The molecule has 0 saturated carbocycles. The fourth-order valence-corrected chi connectivity index (χ4v) is 3.07. The lowest BCUT2D eigenvalue weighted by atomic mass is 10.1. The van der Waals surface area contributed by atoms with Gasteiger partial charge in [0.05, 0.1) is 13.2 Å². The van der Waals surface area contributed by atoms with Crippen molar-refractivity contribution in [3.8, 4) is 5.88 Å². The maximum absolute atomic E-state index is 5.83. The molecular formula is C16H20N2O2S. The highest BCUT2D eigenvalue weighted by Crippen LogP contribution is 2.18. The van der Waals surface area contributed by atoms with Crippen LogP contribution in [0.15, 0.2) is 35.2 Å². The number of rotatable bonds is 6. The number of pyridine rings is 1. The monoisotopic (exact) mass is 304 g/mol. The SMILES string of the molecule is C[C@H](NCc1ccnc(O[C@H]2CCOC2)c1)c1ccsc1. The molecule has 0 unspecified atom stereocenters. The van der Waals surface area contributed by atoms with Gasteiger partial charge < -0.3 is 14.8 Å². The van der Waals surface area contributed by atoms with Crippen molar-refractivity contribution in [2.24, 2.45) is 0 Å². The van der Waals surface area contributed by atoms with E-state index in [1.54, 1.807) is 17.5 Å². The van der Waals surface area contributed by atoms with Crippen molar-refractivity contribution in [2.45, 2.75) is 32.0 Å². The summed E-state index contributed by atoms with van der Waals surface area (Å²) in [5.74, 6) is 0.688. The molecule has 0 radical (unpaired) electrons. The van der Waals surface area contributed by atoms with Crippen LogP contribution < -0.4 is 10.1 Å². The number of nitrogens with zero attached hydrogens (tertiary/aromatic N) is 1. The van der Waals surface area contributed by atoms with Gasteiger partial charge in [-0.2, -0.15) is 11.3 Å². The molecule has 2 aromatic rings. The lowest BCUT2D eigenvalue weighted by molar-refractivity contribution is 0.138. The summed E-state index contributed by atoms with van der Waals surface area (Å²) < 4.78 is 11.1. The van der Waals surface area contributed by atoms with Gasteiger partial charge in [0.1, 0.15) is 6.10 Å². The van der Waals surface area contributed by atoms with E-state index in [1.807, 2.05) is 12.1 Å². The second-order valence-electron chi connectivity index (χ2n) is 5.27. The van der Waals surface area contributed by atoms with Crippen LogP contribution in [0.4, 0.5) is 0 Å². The predicted octanol–water partition coefficient (Wildman–Crippen LogP) is 3.16. The molecule has 21 heavy (non-hydrogen) atoms. The Bertz CT molecular complexity index is 553. The Kier molecular flexibility index (Phi) is 4.85. The molecule has 3 rings (SSSR count). The predicted molar refractivity (Wildman–Crippen MR) is 83.7 cm³/mol. The van der Waals surface area contributed by atoms with Crippen LogP contribution in [-0.2, 0) is 11.3 Å². The molecule has 2 atom stereocenters. The van der Waals surface area contributed by atoms with E-state index in [9.17, 15) is 0 Å². The molecule has 1 fully saturated rings. The number of hydrogen-bond acceptors (Lipinski definition) is 5. The highest BCUT2D eigenvalue weighted by atomic mass is 32.1. The van der Waals surface area contributed by atoms with E-state index in [0.717, 1.165) is 19.6 Å². The summed E-state index contributed by atoms with van der Waals surface area (Å²) in [7, 11) is 0. The van der Waals surface area contributed by atoms with E-state index in [0.29, 0.717) is 18.5 Å². The fourth-order valence-electron chi connectivity index (χ4n) is 2.31. The smallest absolute Gasteiger partial charge is 0.213 e. The first kappa shape index (κ1) is 14.5. The molecule has 3 heterocycles. The number of aromatic nitrogens is 1. The minimum absolute atomic E-state index is 0.144. The molecule has 1 aliphatic heterocycles. The zero-order valence-electron chi connectivity index (χ0n) is 12.1. The number of ether oxygens (including phenoxy) is 2. The average Bonchev–Trinajstić information content (AvgIpc) is 3.18. The third-order valence-electron chi connectivity index (χ3n) is 3.63. The van der Waals surface area contributed by atoms with Gasteiger partial charge in [-0.05, 0) is 40.9 Å². The van der Waals surface area contributed by atoms with Crippen molar-refractivity contribution in [1.82, 2.24) is 10.3 Å². The average molecular weight is 304 g/mol. The Balaban J connectivity index is 1.55. The fraction of sp³-hybridized carbons (Fsp3) is 0.438. The van der Waals surface area contributed by atoms with Crippen LogP contribution in [0.3, 0.4) is 0 Å². The quantitative estimate of drug-likeness (QED) is 0.890. The topological polar surface area (TPSA) is 43.4 Å². The normalized spacial score (nSPS) is 19.6. The Morgan fingerprint density at radius 2 is 2.48 bits per heavy atom. The molecule has 0 spiro atoms. The van der Waals surface area contributed by atoms with Gasteiger partial charge in [-0.15, -0.1) is 0 Å². The largest absolute Gasteiger partial charge is 0.472 e. The van der Waals surface area contributed by atoms with Crippen LogP contribution >= 0.6 is 11.3 Å². The first-order chi connectivity index (χ1) is 10.3. The number of thiophene rings is 1. The van der Waals surface area contributed by atoms with Crippen LogP contribution in [0.2, 0.25) is 0 Å². The van der Waals surface area contributed by atoms with Crippen molar-refractivity contribution in [3.05, 3.63) is 46.3 Å². The maximum atomic E-state index is 5.83. The van der Waals surface area contributed by atoms with Gasteiger partial charge in [-0.1, -0.05) is 0 Å². The van der Waals surface area contributed by atoms with Crippen molar-refractivity contribution < 1.29 is 9.47 Å². The molecule has 1 N–H and O–H groups in total. The highest BCUT2D eigenvalue weighted by molar-refractivity contribution is 7.07. The summed E-state index contributed by atoms with van der Waals surface area (Å²) in [6.45, 7) is 4.43. The molecule has 0 bridgehead atoms. The van der Waals surface area contributed by atoms with Crippen molar-refractivity contribution in [1.29, 1.82) is 0 Å². The molecule has 5 heteroatoms. The zero-order valence-corrected chi connectivity index (χ0v) is 12.9. The summed E-state index contributed by atoms with van der Waals surface area (Å²) in [5.41, 5.74) is 2.51. The van der Waals surface area contributed by atoms with Crippen LogP contribution in [0.5, 0.6) is 5.88 Å². The van der Waals surface area contributed by atoms with Gasteiger partial charge in [0, 0.05) is 31.3 Å². The van der Waals surface area contributed by atoms with Crippen LogP contribution in [0.1, 0.15) is 30.5 Å². The second kappa shape index (κ2) is 7.02. The van der Waals surface area contributed by atoms with Crippen LogP contribution in [0.25, 0.3) is 0 Å². The molecule has 0 aliphatic carbocycles. The number of nitrogens with one attached hydrogen (secondary N) is 1. The van der Waals surface area contributed by atoms with Crippen molar-refractivity contribution in [2.75, 3.05) is 13.2 Å². The second-order valence-corrected chi connectivity index (χ2v) is 6.05. The van der Waals surface area contributed by atoms with Gasteiger partial charge in [0.25, 0.3) is 0 Å². The number of hydrogen-bond donors (Lipinski definition) is 1. The third-order valence-corrected chi connectivity index (χ3v) is 4.33. The van der Waals surface area contributed by atoms with E-state index in [-0.39, 0.29) is 6.10 Å². The molecule has 112 valence electrons. The maximum Gasteiger partial charge on any atom is 0.213 e. The van der Waals surface area contributed by atoms with Gasteiger partial charge in [0.15, 0.2) is 0 Å². The summed E-state index contributed by atoms with van der Waals surface area (Å²) >= 11 is 1.73. The van der Waals surface area contributed by atoms with Crippen LogP contribution in [-0.4, -0.2) is 24.3 Å². The molecule has 1 aliphatic rings. The Morgan fingerprint density at radius 1 is 1.52 bits per heavy atom. The van der Waals surface area contributed by atoms with E-state index in [4.69, 9.17) is 9.47 Å². The zero-order chi connectivity index (χ0) is 14.5. The Hall–Kier alpha value is -1.43. The van der Waals surface area contributed by atoms with E-state index in [2.05, 4.69) is 34.1 Å². The summed E-state index contributed by atoms with van der Waals surface area (Å²) in [4.78, 5) is 4.28. The first-order valence-electron chi connectivity index (χ1n) is 7.26. The lowest BCUT2D eigenvalue weighted by Gasteiger charge is -2.14. The van der Waals surface area contributed by atoms with Crippen LogP contribution in [0, 0.1) is 0 Å².